The van der Waals surface area contributed by atoms with Crippen molar-refractivity contribution in [2.45, 2.75) is 11.8 Å². The molecule has 0 fully saturated rings. The molecule has 0 spiro atoms. The third-order valence-corrected chi connectivity index (χ3v) is 3.53. The van der Waals surface area contributed by atoms with Crippen LogP contribution in [0.5, 0.6) is 0 Å². The number of aromatic nitrogens is 1. The van der Waals surface area contributed by atoms with E-state index in [2.05, 4.69) is 15.6 Å². The van der Waals surface area contributed by atoms with Crippen LogP contribution in [-0.2, 0) is 0 Å². The van der Waals surface area contributed by atoms with Crippen LogP contribution in [0.15, 0.2) is 47.5 Å². The molecule has 0 aliphatic carbocycles. The Bertz CT molecular complexity index is 584. The number of anilines is 2. The lowest BCUT2D eigenvalue weighted by molar-refractivity contribution is 0.102. The number of benzene rings is 1. The summed E-state index contributed by atoms with van der Waals surface area (Å²) in [6.45, 7) is 2.84. The van der Waals surface area contributed by atoms with Crippen LogP contribution in [0.2, 0.25) is 0 Å². The van der Waals surface area contributed by atoms with E-state index >= 15 is 0 Å². The highest BCUT2D eigenvalue weighted by molar-refractivity contribution is 7.98. The molecule has 0 bridgehead atoms. The molecular weight excluding hydrogens is 270 g/mol. The van der Waals surface area contributed by atoms with Crippen LogP contribution in [-0.4, -0.2) is 23.7 Å². The van der Waals surface area contributed by atoms with E-state index in [4.69, 9.17) is 0 Å². The number of para-hydroxylation sites is 1. The highest BCUT2D eigenvalue weighted by Gasteiger charge is 2.09. The van der Waals surface area contributed by atoms with Crippen LogP contribution in [0.4, 0.5) is 11.4 Å². The van der Waals surface area contributed by atoms with Gasteiger partial charge in [0.1, 0.15) is 5.69 Å². The molecule has 0 aliphatic heterocycles. The van der Waals surface area contributed by atoms with Gasteiger partial charge in [0.15, 0.2) is 0 Å². The number of thioether (sulfide) groups is 1. The van der Waals surface area contributed by atoms with Crippen molar-refractivity contribution in [2.24, 2.45) is 0 Å². The van der Waals surface area contributed by atoms with Gasteiger partial charge in [-0.3, -0.25) is 4.79 Å². The van der Waals surface area contributed by atoms with Crippen LogP contribution < -0.4 is 10.6 Å². The van der Waals surface area contributed by atoms with E-state index in [1.54, 1.807) is 24.0 Å². The molecule has 0 atom stereocenters. The smallest absolute Gasteiger partial charge is 0.274 e. The zero-order chi connectivity index (χ0) is 14.4. The molecule has 0 saturated heterocycles. The number of hydrogen-bond donors (Lipinski definition) is 2. The van der Waals surface area contributed by atoms with Crippen molar-refractivity contribution in [3.05, 3.63) is 48.3 Å². The largest absolute Gasteiger partial charge is 0.384 e. The maximum atomic E-state index is 12.1. The molecule has 4 nitrogen and oxygen atoms in total. The summed E-state index contributed by atoms with van der Waals surface area (Å²) in [6.07, 6.45) is 3.65. The lowest BCUT2D eigenvalue weighted by Crippen LogP contribution is -2.14. The van der Waals surface area contributed by atoms with Crippen LogP contribution in [0.3, 0.4) is 0 Å². The first kappa shape index (κ1) is 14.4. The van der Waals surface area contributed by atoms with Crippen molar-refractivity contribution >= 4 is 29.0 Å². The molecule has 0 radical (unpaired) electrons. The summed E-state index contributed by atoms with van der Waals surface area (Å²) in [6, 6.07) is 11.3. The minimum atomic E-state index is -0.199. The zero-order valence-corrected chi connectivity index (χ0v) is 12.3. The van der Waals surface area contributed by atoms with E-state index in [0.29, 0.717) is 5.69 Å². The van der Waals surface area contributed by atoms with Crippen molar-refractivity contribution in [3.8, 4) is 0 Å². The van der Waals surface area contributed by atoms with Crippen LogP contribution in [0, 0.1) is 0 Å². The van der Waals surface area contributed by atoms with E-state index in [1.807, 2.05) is 43.5 Å². The fourth-order valence-corrected chi connectivity index (χ4v) is 2.32. The third-order valence-electron chi connectivity index (χ3n) is 2.73. The van der Waals surface area contributed by atoms with Gasteiger partial charge < -0.3 is 10.6 Å². The highest BCUT2D eigenvalue weighted by atomic mass is 32.2. The maximum Gasteiger partial charge on any atom is 0.274 e. The van der Waals surface area contributed by atoms with Gasteiger partial charge in [0, 0.05) is 11.4 Å². The number of pyridine rings is 1. The number of carbonyl (C=O) groups is 1. The number of nitrogens with zero attached hydrogens (tertiary/aromatic N) is 1. The summed E-state index contributed by atoms with van der Waals surface area (Å²) in [5, 5.41) is 6.03. The predicted molar refractivity (Wildman–Crippen MR) is 84.6 cm³/mol. The Kier molecular flexibility index (Phi) is 5.01. The van der Waals surface area contributed by atoms with E-state index in [1.165, 1.54) is 0 Å². The summed E-state index contributed by atoms with van der Waals surface area (Å²) in [5.41, 5.74) is 2.12. The summed E-state index contributed by atoms with van der Waals surface area (Å²) < 4.78 is 0. The Morgan fingerprint density at radius 3 is 2.70 bits per heavy atom. The number of hydrogen-bond acceptors (Lipinski definition) is 4. The van der Waals surface area contributed by atoms with Gasteiger partial charge >= 0.3 is 0 Å². The highest BCUT2D eigenvalue weighted by Crippen LogP contribution is 2.24. The van der Waals surface area contributed by atoms with E-state index in [9.17, 15) is 4.79 Å². The fraction of sp³-hybridized carbons (Fsp3) is 0.200. The Labute approximate surface area is 123 Å². The molecule has 5 heteroatoms. The standard InChI is InChI=1S/C15H17N3OS/c1-3-16-11-8-9-13(17-10-11)15(19)18-12-6-4-5-7-14(12)20-2/h4-10,16H,3H2,1-2H3,(H,18,19). The molecule has 1 aromatic carbocycles. The first-order chi connectivity index (χ1) is 9.74. The molecule has 20 heavy (non-hydrogen) atoms. The SMILES string of the molecule is CCNc1ccc(C(=O)Nc2ccccc2SC)nc1. The summed E-state index contributed by atoms with van der Waals surface area (Å²) in [7, 11) is 0. The Balaban J connectivity index is 2.11. The predicted octanol–water partition coefficient (Wildman–Crippen LogP) is 3.49. The summed E-state index contributed by atoms with van der Waals surface area (Å²) in [5.74, 6) is -0.199. The van der Waals surface area contributed by atoms with Gasteiger partial charge in [0.25, 0.3) is 5.91 Å². The fourth-order valence-electron chi connectivity index (χ4n) is 1.77. The molecule has 1 aromatic heterocycles. The Hall–Kier alpha value is -2.01. The molecule has 0 saturated carbocycles. The molecule has 0 aliphatic rings. The monoisotopic (exact) mass is 287 g/mol. The average molecular weight is 287 g/mol. The van der Waals surface area contributed by atoms with Gasteiger partial charge in [-0.15, -0.1) is 11.8 Å². The minimum Gasteiger partial charge on any atom is -0.384 e. The normalized spacial score (nSPS) is 10.1. The molecule has 1 heterocycles. The van der Waals surface area contributed by atoms with Crippen LogP contribution in [0.1, 0.15) is 17.4 Å². The van der Waals surface area contributed by atoms with E-state index < -0.39 is 0 Å². The van der Waals surface area contributed by atoms with Gasteiger partial charge in [0.2, 0.25) is 0 Å². The lowest BCUT2D eigenvalue weighted by Gasteiger charge is -2.09. The second-order valence-corrected chi connectivity index (χ2v) is 4.96. The summed E-state index contributed by atoms with van der Waals surface area (Å²) >= 11 is 1.60. The lowest BCUT2D eigenvalue weighted by atomic mass is 10.3. The molecule has 2 aromatic rings. The number of amides is 1. The quantitative estimate of drug-likeness (QED) is 0.827. The Morgan fingerprint density at radius 1 is 1.25 bits per heavy atom. The molecule has 2 rings (SSSR count). The van der Waals surface area contributed by atoms with Crippen LogP contribution in [0.25, 0.3) is 0 Å². The first-order valence-corrected chi connectivity index (χ1v) is 7.61. The molecular formula is C15H17N3OS. The average Bonchev–Trinajstić information content (AvgIpc) is 2.49. The van der Waals surface area contributed by atoms with Crippen molar-refractivity contribution in [2.75, 3.05) is 23.4 Å². The molecule has 1 amide bonds. The minimum absolute atomic E-state index is 0.199. The van der Waals surface area contributed by atoms with E-state index in [0.717, 1.165) is 22.8 Å². The van der Waals surface area contributed by atoms with Crippen LogP contribution >= 0.6 is 11.8 Å². The van der Waals surface area contributed by atoms with Crippen molar-refractivity contribution in [3.63, 3.8) is 0 Å². The van der Waals surface area contributed by atoms with Gasteiger partial charge in [0.05, 0.1) is 17.6 Å². The number of rotatable bonds is 5. The molecule has 104 valence electrons. The number of carbonyl (C=O) groups excluding carboxylic acids is 1. The van der Waals surface area contributed by atoms with Crippen molar-refractivity contribution in [1.29, 1.82) is 0 Å². The maximum absolute atomic E-state index is 12.1. The summed E-state index contributed by atoms with van der Waals surface area (Å²) in [4.78, 5) is 17.3. The van der Waals surface area contributed by atoms with Gasteiger partial charge in [-0.1, -0.05) is 12.1 Å². The van der Waals surface area contributed by atoms with Crippen molar-refractivity contribution < 1.29 is 4.79 Å². The third kappa shape index (κ3) is 3.51. The topological polar surface area (TPSA) is 54.0 Å². The van der Waals surface area contributed by atoms with E-state index in [-0.39, 0.29) is 5.91 Å². The Morgan fingerprint density at radius 2 is 2.05 bits per heavy atom. The van der Waals surface area contributed by atoms with Crippen molar-refractivity contribution in [1.82, 2.24) is 4.98 Å². The first-order valence-electron chi connectivity index (χ1n) is 6.39. The number of nitrogens with one attached hydrogen (secondary N) is 2. The van der Waals surface area contributed by atoms with Gasteiger partial charge in [-0.25, -0.2) is 4.98 Å². The second-order valence-electron chi connectivity index (χ2n) is 4.12. The zero-order valence-electron chi connectivity index (χ0n) is 11.5. The van der Waals surface area contributed by atoms with Gasteiger partial charge in [-0.2, -0.15) is 0 Å². The molecule has 0 unspecified atom stereocenters. The second kappa shape index (κ2) is 6.96. The van der Waals surface area contributed by atoms with Gasteiger partial charge in [-0.05, 0) is 37.4 Å². The molecule has 2 N–H and O–H groups in total.